The molecule has 3 atom stereocenters. The topological polar surface area (TPSA) is 70.0 Å². The maximum absolute atomic E-state index is 11.3. The molecule has 0 radical (unpaired) electrons. The molecule has 2 N–H and O–H groups in total. The molecule has 2 aliphatic rings. The van der Waals surface area contributed by atoms with E-state index in [1.807, 2.05) is 21.6 Å². The van der Waals surface area contributed by atoms with E-state index in [0.717, 1.165) is 23.2 Å². The van der Waals surface area contributed by atoms with Gasteiger partial charge in [0.1, 0.15) is 0 Å². The summed E-state index contributed by atoms with van der Waals surface area (Å²) in [7, 11) is 3.90. The molecule has 0 spiro atoms. The number of carbonyl (C=O) groups excluding carboxylic acids is 1. The molecule has 0 bridgehead atoms. The molecule has 2 rings (SSSR count). The standard InChI is InChI=1S/C12H21NO4S2/c14-10-5-6-11(15)13(10)17-12(16)4-2-1-3-9-7-8-18-19-9/h9-10,12,14,16H,1-8H2. The van der Waals surface area contributed by atoms with Crippen LogP contribution >= 0.6 is 21.6 Å². The normalized spacial score (nSPS) is 29.2. The highest BCUT2D eigenvalue weighted by Gasteiger charge is 2.32. The zero-order valence-electron chi connectivity index (χ0n) is 10.9. The van der Waals surface area contributed by atoms with Crippen molar-refractivity contribution in [1.82, 2.24) is 5.06 Å². The van der Waals surface area contributed by atoms with Crippen LogP contribution in [0.1, 0.15) is 44.9 Å². The van der Waals surface area contributed by atoms with Crippen molar-refractivity contribution in [3.63, 3.8) is 0 Å². The molecule has 0 saturated carbocycles. The average Bonchev–Trinajstić information content (AvgIpc) is 3.00. The maximum Gasteiger partial charge on any atom is 0.248 e. The van der Waals surface area contributed by atoms with E-state index in [1.165, 1.54) is 18.6 Å². The van der Waals surface area contributed by atoms with Crippen LogP contribution in [0.4, 0.5) is 0 Å². The van der Waals surface area contributed by atoms with Crippen LogP contribution in [-0.2, 0) is 9.63 Å². The summed E-state index contributed by atoms with van der Waals surface area (Å²) in [6.45, 7) is 0. The first-order chi connectivity index (χ1) is 9.16. The minimum absolute atomic E-state index is 0.258. The molecule has 2 aliphatic heterocycles. The number of hydrogen-bond acceptors (Lipinski definition) is 6. The molecule has 3 unspecified atom stereocenters. The summed E-state index contributed by atoms with van der Waals surface area (Å²) >= 11 is 0. The Balaban J connectivity index is 1.56. The largest absolute Gasteiger partial charge is 0.371 e. The Morgan fingerprint density at radius 2 is 2.26 bits per heavy atom. The Morgan fingerprint density at radius 1 is 1.42 bits per heavy atom. The molecule has 0 aliphatic carbocycles. The van der Waals surface area contributed by atoms with Crippen LogP contribution in [0.15, 0.2) is 0 Å². The van der Waals surface area contributed by atoms with Crippen molar-refractivity contribution >= 4 is 27.5 Å². The maximum atomic E-state index is 11.3. The van der Waals surface area contributed by atoms with Crippen LogP contribution in [0.3, 0.4) is 0 Å². The Labute approximate surface area is 121 Å². The van der Waals surface area contributed by atoms with E-state index >= 15 is 0 Å². The summed E-state index contributed by atoms with van der Waals surface area (Å²) in [5, 5.41) is 20.9. The van der Waals surface area contributed by atoms with Crippen LogP contribution < -0.4 is 0 Å². The Kier molecular flexibility index (Phi) is 6.28. The molecule has 0 aromatic rings. The van der Waals surface area contributed by atoms with E-state index in [4.69, 9.17) is 4.84 Å². The number of hydroxylamine groups is 2. The molecule has 2 heterocycles. The third-order valence-corrected chi connectivity index (χ3v) is 6.33. The summed E-state index contributed by atoms with van der Waals surface area (Å²) in [5.41, 5.74) is 0. The third-order valence-electron chi connectivity index (χ3n) is 3.32. The van der Waals surface area contributed by atoms with Crippen molar-refractivity contribution < 1.29 is 19.8 Å². The number of aliphatic hydroxyl groups excluding tert-OH is 2. The summed E-state index contributed by atoms with van der Waals surface area (Å²) in [6.07, 6.45) is 3.65. The molecule has 5 nitrogen and oxygen atoms in total. The molecular formula is C12H21NO4S2. The molecular weight excluding hydrogens is 286 g/mol. The Morgan fingerprint density at radius 3 is 2.89 bits per heavy atom. The van der Waals surface area contributed by atoms with E-state index in [1.54, 1.807) is 0 Å². The lowest BCUT2D eigenvalue weighted by Crippen LogP contribution is -2.36. The van der Waals surface area contributed by atoms with Gasteiger partial charge in [-0.15, -0.1) is 0 Å². The Bertz CT molecular complexity index is 299. The highest BCUT2D eigenvalue weighted by molar-refractivity contribution is 8.77. The van der Waals surface area contributed by atoms with Gasteiger partial charge in [-0.25, -0.2) is 4.84 Å². The minimum Gasteiger partial charge on any atom is -0.371 e. The SMILES string of the molecule is O=C1CCC(O)N1OC(O)CCCCC1CCSS1. The van der Waals surface area contributed by atoms with E-state index in [0.29, 0.717) is 12.8 Å². The van der Waals surface area contributed by atoms with Gasteiger partial charge in [0.2, 0.25) is 5.91 Å². The van der Waals surface area contributed by atoms with Crippen molar-refractivity contribution in [3.05, 3.63) is 0 Å². The number of hydrogen-bond donors (Lipinski definition) is 2. The van der Waals surface area contributed by atoms with Gasteiger partial charge in [-0.1, -0.05) is 28.0 Å². The molecule has 7 heteroatoms. The molecule has 0 aromatic heterocycles. The zero-order valence-corrected chi connectivity index (χ0v) is 12.5. The monoisotopic (exact) mass is 307 g/mol. The zero-order chi connectivity index (χ0) is 13.7. The lowest BCUT2D eigenvalue weighted by Gasteiger charge is -2.22. The van der Waals surface area contributed by atoms with E-state index in [9.17, 15) is 15.0 Å². The second-order valence-electron chi connectivity index (χ2n) is 4.91. The van der Waals surface area contributed by atoms with Crippen LogP contribution in [0.25, 0.3) is 0 Å². The van der Waals surface area contributed by atoms with Gasteiger partial charge < -0.3 is 10.2 Å². The van der Waals surface area contributed by atoms with Crippen LogP contribution in [-0.4, -0.2) is 44.7 Å². The molecule has 19 heavy (non-hydrogen) atoms. The van der Waals surface area contributed by atoms with Crippen molar-refractivity contribution in [2.45, 2.75) is 62.7 Å². The number of nitrogens with zero attached hydrogens (tertiary/aromatic N) is 1. The summed E-state index contributed by atoms with van der Waals surface area (Å²) in [5.74, 6) is 0.988. The summed E-state index contributed by atoms with van der Waals surface area (Å²) < 4.78 is 0. The fourth-order valence-electron chi connectivity index (χ4n) is 2.21. The molecule has 0 aromatic carbocycles. The Hall–Kier alpha value is 0.0500. The van der Waals surface area contributed by atoms with Gasteiger partial charge in [0.25, 0.3) is 0 Å². The number of rotatable bonds is 7. The van der Waals surface area contributed by atoms with Gasteiger partial charge in [0.15, 0.2) is 12.5 Å². The second kappa shape index (κ2) is 7.73. The highest BCUT2D eigenvalue weighted by Crippen LogP contribution is 2.39. The first-order valence-electron chi connectivity index (χ1n) is 6.80. The third kappa shape index (κ3) is 4.82. The lowest BCUT2D eigenvalue weighted by atomic mass is 10.1. The molecule has 110 valence electrons. The van der Waals surface area contributed by atoms with Crippen molar-refractivity contribution in [2.24, 2.45) is 0 Å². The van der Waals surface area contributed by atoms with Gasteiger partial charge in [0, 0.05) is 30.3 Å². The van der Waals surface area contributed by atoms with E-state index < -0.39 is 12.5 Å². The molecule has 2 saturated heterocycles. The van der Waals surface area contributed by atoms with E-state index in [-0.39, 0.29) is 12.3 Å². The minimum atomic E-state index is -0.998. The number of carbonyl (C=O) groups is 1. The molecule has 2 fully saturated rings. The molecule has 1 amide bonds. The van der Waals surface area contributed by atoms with Gasteiger partial charge in [-0.3, -0.25) is 4.79 Å². The average molecular weight is 307 g/mol. The summed E-state index contributed by atoms with van der Waals surface area (Å²) in [4.78, 5) is 16.4. The number of unbranched alkanes of at least 4 members (excludes halogenated alkanes) is 1. The van der Waals surface area contributed by atoms with Crippen molar-refractivity contribution in [1.29, 1.82) is 0 Å². The smallest absolute Gasteiger partial charge is 0.248 e. The highest BCUT2D eigenvalue weighted by atomic mass is 33.1. The predicted molar refractivity (Wildman–Crippen MR) is 76.1 cm³/mol. The first-order valence-corrected chi connectivity index (χ1v) is 9.18. The quantitative estimate of drug-likeness (QED) is 0.425. The summed E-state index contributed by atoms with van der Waals surface area (Å²) in [6, 6.07) is 0. The van der Waals surface area contributed by atoms with Gasteiger partial charge in [-0.2, -0.15) is 5.06 Å². The van der Waals surface area contributed by atoms with Crippen molar-refractivity contribution in [3.8, 4) is 0 Å². The van der Waals surface area contributed by atoms with Crippen LogP contribution in [0.2, 0.25) is 0 Å². The van der Waals surface area contributed by atoms with E-state index in [2.05, 4.69) is 0 Å². The number of amides is 1. The van der Waals surface area contributed by atoms with Crippen LogP contribution in [0.5, 0.6) is 0 Å². The predicted octanol–water partition coefficient (Wildman–Crippen LogP) is 1.89. The second-order valence-corrected chi connectivity index (χ2v) is 7.70. The fourth-order valence-corrected chi connectivity index (χ4v) is 5.24. The first kappa shape index (κ1) is 15.4. The van der Waals surface area contributed by atoms with Crippen LogP contribution in [0, 0.1) is 0 Å². The van der Waals surface area contributed by atoms with Crippen molar-refractivity contribution in [2.75, 3.05) is 5.75 Å². The lowest BCUT2D eigenvalue weighted by molar-refractivity contribution is -0.287. The number of aliphatic hydroxyl groups is 2. The fraction of sp³-hybridized carbons (Fsp3) is 0.917. The van der Waals surface area contributed by atoms with Gasteiger partial charge in [-0.05, 0) is 19.3 Å². The van der Waals surface area contributed by atoms with Gasteiger partial charge >= 0.3 is 0 Å². The van der Waals surface area contributed by atoms with Gasteiger partial charge in [0.05, 0.1) is 0 Å².